The van der Waals surface area contributed by atoms with E-state index < -0.39 is 15.8 Å². The van der Waals surface area contributed by atoms with Gasteiger partial charge in [0.15, 0.2) is 0 Å². The molecule has 0 unspecified atom stereocenters. The second-order valence-corrected chi connectivity index (χ2v) is 6.68. The average molecular weight is 334 g/mol. The summed E-state index contributed by atoms with van der Waals surface area (Å²) in [6.45, 7) is 0. The van der Waals surface area contributed by atoms with Crippen molar-refractivity contribution in [1.29, 1.82) is 0 Å². The van der Waals surface area contributed by atoms with Crippen LogP contribution in [0.4, 0.5) is 10.1 Å². The molecule has 7 heteroatoms. The van der Waals surface area contributed by atoms with Crippen molar-refractivity contribution >= 4 is 38.9 Å². The van der Waals surface area contributed by atoms with E-state index in [1.807, 2.05) is 0 Å². The van der Waals surface area contributed by atoms with E-state index in [0.717, 1.165) is 6.07 Å². The SMILES string of the molecule is O=S(=O)(Cc1ccc(Cl)cc1)Nc1ccc(F)c(Cl)c1. The summed E-state index contributed by atoms with van der Waals surface area (Å²) in [6, 6.07) is 10.1. The van der Waals surface area contributed by atoms with Crippen LogP contribution in [-0.4, -0.2) is 8.42 Å². The van der Waals surface area contributed by atoms with Crippen molar-refractivity contribution in [3.8, 4) is 0 Å². The first-order valence-corrected chi connectivity index (χ1v) is 7.96. The Balaban J connectivity index is 2.14. The van der Waals surface area contributed by atoms with Crippen molar-refractivity contribution in [2.45, 2.75) is 5.75 Å². The first-order chi connectivity index (χ1) is 9.35. The second-order valence-electron chi connectivity index (χ2n) is 4.12. The summed E-state index contributed by atoms with van der Waals surface area (Å²) in [4.78, 5) is 0. The van der Waals surface area contributed by atoms with Gasteiger partial charge in [-0.25, -0.2) is 12.8 Å². The Morgan fingerprint density at radius 1 is 1.05 bits per heavy atom. The number of sulfonamides is 1. The third kappa shape index (κ3) is 4.10. The number of benzene rings is 2. The number of rotatable bonds is 4. The lowest BCUT2D eigenvalue weighted by Gasteiger charge is -2.08. The maximum atomic E-state index is 13.0. The summed E-state index contributed by atoms with van der Waals surface area (Å²) < 4.78 is 39.3. The minimum absolute atomic E-state index is 0.142. The van der Waals surface area contributed by atoms with Gasteiger partial charge in [0.1, 0.15) is 5.82 Å². The third-order valence-electron chi connectivity index (χ3n) is 2.46. The molecule has 0 heterocycles. The van der Waals surface area contributed by atoms with Crippen LogP contribution in [0.25, 0.3) is 0 Å². The van der Waals surface area contributed by atoms with Crippen molar-refractivity contribution < 1.29 is 12.8 Å². The first kappa shape index (κ1) is 15.1. The predicted molar refractivity (Wildman–Crippen MR) is 79.1 cm³/mol. The molecule has 106 valence electrons. The zero-order chi connectivity index (χ0) is 14.8. The molecule has 0 fully saturated rings. The molecule has 1 N–H and O–H groups in total. The molecular formula is C13H10Cl2FNO2S. The Hall–Kier alpha value is -1.30. The molecule has 0 spiro atoms. The molecule has 0 aromatic heterocycles. The minimum Gasteiger partial charge on any atom is -0.283 e. The van der Waals surface area contributed by atoms with E-state index in [4.69, 9.17) is 23.2 Å². The highest BCUT2D eigenvalue weighted by molar-refractivity contribution is 7.91. The first-order valence-electron chi connectivity index (χ1n) is 5.56. The molecule has 0 atom stereocenters. The van der Waals surface area contributed by atoms with Gasteiger partial charge >= 0.3 is 0 Å². The summed E-state index contributed by atoms with van der Waals surface area (Å²) in [5.41, 5.74) is 0.806. The van der Waals surface area contributed by atoms with Crippen molar-refractivity contribution in [3.63, 3.8) is 0 Å². The van der Waals surface area contributed by atoms with Crippen LogP contribution in [0, 0.1) is 5.82 Å². The maximum absolute atomic E-state index is 13.0. The molecule has 3 nitrogen and oxygen atoms in total. The van der Waals surface area contributed by atoms with Gasteiger partial charge in [-0.15, -0.1) is 0 Å². The molecule has 0 bridgehead atoms. The molecule has 0 aliphatic heterocycles. The highest BCUT2D eigenvalue weighted by Crippen LogP contribution is 2.21. The maximum Gasteiger partial charge on any atom is 0.236 e. The van der Waals surface area contributed by atoms with E-state index in [2.05, 4.69) is 4.72 Å². The molecular weight excluding hydrogens is 324 g/mol. The van der Waals surface area contributed by atoms with E-state index in [1.165, 1.54) is 12.1 Å². The van der Waals surface area contributed by atoms with E-state index in [9.17, 15) is 12.8 Å². The zero-order valence-electron chi connectivity index (χ0n) is 10.1. The smallest absolute Gasteiger partial charge is 0.236 e. The zero-order valence-corrected chi connectivity index (χ0v) is 12.4. The monoisotopic (exact) mass is 333 g/mol. The summed E-state index contributed by atoms with van der Waals surface area (Å²) in [7, 11) is -3.60. The van der Waals surface area contributed by atoms with Gasteiger partial charge in [-0.3, -0.25) is 4.72 Å². The van der Waals surface area contributed by atoms with Crippen molar-refractivity contribution in [2.75, 3.05) is 4.72 Å². The van der Waals surface area contributed by atoms with Crippen molar-refractivity contribution in [1.82, 2.24) is 0 Å². The Bertz CT molecular complexity index is 718. The highest BCUT2D eigenvalue weighted by Gasteiger charge is 2.12. The van der Waals surface area contributed by atoms with Crippen LogP contribution in [0.5, 0.6) is 0 Å². The van der Waals surface area contributed by atoms with Gasteiger partial charge in [0, 0.05) is 5.02 Å². The Kier molecular flexibility index (Phi) is 4.52. The van der Waals surface area contributed by atoms with Crippen LogP contribution in [0.1, 0.15) is 5.56 Å². The Morgan fingerprint density at radius 3 is 2.30 bits per heavy atom. The predicted octanol–water partition coefficient (Wildman–Crippen LogP) is 4.07. The van der Waals surface area contributed by atoms with E-state index in [0.29, 0.717) is 10.6 Å². The number of hydrogen-bond donors (Lipinski definition) is 1. The molecule has 0 amide bonds. The third-order valence-corrected chi connectivity index (χ3v) is 4.26. The second kappa shape index (κ2) is 5.99. The normalized spacial score (nSPS) is 11.3. The average Bonchev–Trinajstić information content (AvgIpc) is 2.36. The van der Waals surface area contributed by atoms with Gasteiger partial charge in [-0.1, -0.05) is 35.3 Å². The van der Waals surface area contributed by atoms with Gasteiger partial charge in [-0.2, -0.15) is 0 Å². The van der Waals surface area contributed by atoms with E-state index in [1.54, 1.807) is 24.3 Å². The van der Waals surface area contributed by atoms with E-state index >= 15 is 0 Å². The molecule has 0 aliphatic carbocycles. The molecule has 0 radical (unpaired) electrons. The van der Waals surface area contributed by atoms with Crippen LogP contribution in [-0.2, 0) is 15.8 Å². The van der Waals surface area contributed by atoms with Gasteiger partial charge in [0.25, 0.3) is 0 Å². The molecule has 0 saturated carbocycles. The summed E-state index contributed by atoms with van der Waals surface area (Å²) in [6.07, 6.45) is 0. The van der Waals surface area contributed by atoms with Crippen LogP contribution >= 0.6 is 23.2 Å². The Morgan fingerprint density at radius 2 is 1.70 bits per heavy atom. The molecule has 2 rings (SSSR count). The van der Waals surface area contributed by atoms with Crippen LogP contribution in [0.15, 0.2) is 42.5 Å². The number of anilines is 1. The number of halogens is 3. The molecule has 0 saturated heterocycles. The van der Waals surface area contributed by atoms with Crippen molar-refractivity contribution in [2.24, 2.45) is 0 Å². The van der Waals surface area contributed by atoms with Gasteiger partial charge in [0.05, 0.1) is 16.5 Å². The van der Waals surface area contributed by atoms with Gasteiger partial charge < -0.3 is 0 Å². The lowest BCUT2D eigenvalue weighted by atomic mass is 10.2. The van der Waals surface area contributed by atoms with Crippen LogP contribution in [0.2, 0.25) is 10.0 Å². The minimum atomic E-state index is -3.60. The molecule has 20 heavy (non-hydrogen) atoms. The van der Waals surface area contributed by atoms with E-state index in [-0.39, 0.29) is 16.5 Å². The standard InChI is InChI=1S/C13H10Cl2FNO2S/c14-10-3-1-9(2-4-10)8-20(18,19)17-11-5-6-13(16)12(15)7-11/h1-7,17H,8H2. The largest absolute Gasteiger partial charge is 0.283 e. The lowest BCUT2D eigenvalue weighted by Crippen LogP contribution is -2.15. The summed E-state index contributed by atoms with van der Waals surface area (Å²) in [5, 5.41) is 0.390. The number of nitrogens with one attached hydrogen (secondary N) is 1. The number of hydrogen-bond acceptors (Lipinski definition) is 2. The molecule has 2 aromatic rings. The Labute approximate surface area is 126 Å². The fraction of sp³-hybridized carbons (Fsp3) is 0.0769. The molecule has 0 aliphatic rings. The van der Waals surface area contributed by atoms with Gasteiger partial charge in [-0.05, 0) is 35.9 Å². The van der Waals surface area contributed by atoms with Crippen molar-refractivity contribution in [3.05, 3.63) is 63.9 Å². The van der Waals surface area contributed by atoms with Gasteiger partial charge in [0.2, 0.25) is 10.0 Å². The topological polar surface area (TPSA) is 46.2 Å². The summed E-state index contributed by atoms with van der Waals surface area (Å²) >= 11 is 11.3. The van der Waals surface area contributed by atoms with Crippen LogP contribution in [0.3, 0.4) is 0 Å². The highest BCUT2D eigenvalue weighted by atomic mass is 35.5. The fourth-order valence-corrected chi connectivity index (χ4v) is 3.07. The quantitative estimate of drug-likeness (QED) is 0.916. The fourth-order valence-electron chi connectivity index (χ4n) is 1.58. The lowest BCUT2D eigenvalue weighted by molar-refractivity contribution is 0.600. The summed E-state index contributed by atoms with van der Waals surface area (Å²) in [5.74, 6) is -0.813. The molecule has 2 aromatic carbocycles. The van der Waals surface area contributed by atoms with Crippen LogP contribution < -0.4 is 4.72 Å².